The zero-order valence-electron chi connectivity index (χ0n) is 13.4. The first-order chi connectivity index (χ1) is 11.4. The summed E-state index contributed by atoms with van der Waals surface area (Å²) in [6.07, 6.45) is 6.35. The van der Waals surface area contributed by atoms with Gasteiger partial charge in [-0.2, -0.15) is 0 Å². The number of nitrogens with one attached hydrogen (secondary N) is 1. The van der Waals surface area contributed by atoms with E-state index in [1.54, 1.807) is 14.0 Å². The second-order valence-electron chi connectivity index (χ2n) is 5.93. The molecule has 3 N–H and O–H groups in total. The summed E-state index contributed by atoms with van der Waals surface area (Å²) in [7, 11) is 1.62. The van der Waals surface area contributed by atoms with Gasteiger partial charge in [0.05, 0.1) is 22.5 Å². The lowest BCUT2D eigenvalue weighted by atomic mass is 9.88. The summed E-state index contributed by atoms with van der Waals surface area (Å²) < 4.78 is 1.39. The van der Waals surface area contributed by atoms with Crippen LogP contribution >= 0.6 is 11.3 Å². The minimum atomic E-state index is -0.423. The smallest absolute Gasteiger partial charge is 0.262 e. The van der Waals surface area contributed by atoms with Crippen LogP contribution in [0.1, 0.15) is 28.1 Å². The summed E-state index contributed by atoms with van der Waals surface area (Å²) in [6, 6.07) is -0.333. The molecule has 7 nitrogen and oxygen atoms in total. The third kappa shape index (κ3) is 2.73. The third-order valence-corrected chi connectivity index (χ3v) is 5.53. The van der Waals surface area contributed by atoms with Crippen LogP contribution in [0.25, 0.3) is 10.2 Å². The molecule has 0 saturated carbocycles. The van der Waals surface area contributed by atoms with E-state index < -0.39 is 11.8 Å². The Balaban J connectivity index is 1.93. The average molecular weight is 346 g/mol. The molecule has 126 valence electrons. The molecule has 2 amide bonds. The number of rotatable bonds is 3. The van der Waals surface area contributed by atoms with Crippen molar-refractivity contribution in [3.05, 3.63) is 39.3 Å². The standard InChI is InChI=1S/C16H18N4O3S/c1-8-11-15(18-7-20(2)16(11)23)24-12(8)14(22)19-10-6-4-3-5-9(10)13(17)21/h3-4,7,9-10H,5-6H2,1-2H3,(H2,17,21)(H,19,22)/t9-,10+/m0/s1. The van der Waals surface area contributed by atoms with Crippen molar-refractivity contribution in [2.24, 2.45) is 18.7 Å². The molecule has 8 heteroatoms. The van der Waals surface area contributed by atoms with Crippen molar-refractivity contribution in [1.82, 2.24) is 14.9 Å². The fraction of sp³-hybridized carbons (Fsp3) is 0.375. The van der Waals surface area contributed by atoms with E-state index in [1.165, 1.54) is 22.2 Å². The lowest BCUT2D eigenvalue weighted by Gasteiger charge is -2.26. The monoisotopic (exact) mass is 346 g/mol. The number of primary amides is 1. The van der Waals surface area contributed by atoms with Gasteiger partial charge in [0.25, 0.3) is 11.5 Å². The molecule has 1 aliphatic rings. The van der Waals surface area contributed by atoms with Crippen LogP contribution in [0.2, 0.25) is 0 Å². The summed E-state index contributed by atoms with van der Waals surface area (Å²) in [5.41, 5.74) is 5.86. The Hall–Kier alpha value is -2.48. The highest BCUT2D eigenvalue weighted by atomic mass is 32.1. The first-order valence-electron chi connectivity index (χ1n) is 7.60. The summed E-state index contributed by atoms with van der Waals surface area (Å²) in [5, 5.41) is 3.35. The maximum absolute atomic E-state index is 12.7. The molecular weight excluding hydrogens is 328 g/mol. The van der Waals surface area contributed by atoms with Crippen LogP contribution in [0.3, 0.4) is 0 Å². The zero-order chi connectivity index (χ0) is 17.4. The summed E-state index contributed by atoms with van der Waals surface area (Å²) in [6.45, 7) is 1.74. The van der Waals surface area contributed by atoms with Crippen molar-refractivity contribution in [1.29, 1.82) is 0 Å². The topological polar surface area (TPSA) is 107 Å². The van der Waals surface area contributed by atoms with Crippen molar-refractivity contribution in [3.63, 3.8) is 0 Å². The molecule has 2 aromatic heterocycles. The number of aryl methyl sites for hydroxylation is 2. The predicted molar refractivity (Wildman–Crippen MR) is 91.9 cm³/mol. The normalized spacial score (nSPS) is 20.2. The van der Waals surface area contributed by atoms with E-state index in [2.05, 4.69) is 10.3 Å². The lowest BCUT2D eigenvalue weighted by Crippen LogP contribution is -2.46. The predicted octanol–water partition coefficient (Wildman–Crippen LogP) is 0.853. The Morgan fingerprint density at radius 2 is 2.08 bits per heavy atom. The van der Waals surface area contributed by atoms with Crippen molar-refractivity contribution in [2.75, 3.05) is 0 Å². The molecule has 0 unspecified atom stereocenters. The molecule has 0 spiro atoms. The third-order valence-electron chi connectivity index (χ3n) is 4.33. The molecule has 0 radical (unpaired) electrons. The van der Waals surface area contributed by atoms with Gasteiger partial charge >= 0.3 is 0 Å². The van der Waals surface area contributed by atoms with Crippen molar-refractivity contribution in [3.8, 4) is 0 Å². The first-order valence-corrected chi connectivity index (χ1v) is 8.41. The van der Waals surface area contributed by atoms with Gasteiger partial charge in [0.2, 0.25) is 5.91 Å². The van der Waals surface area contributed by atoms with Crippen molar-refractivity contribution < 1.29 is 9.59 Å². The summed E-state index contributed by atoms with van der Waals surface area (Å²) in [4.78, 5) is 41.6. The Bertz CT molecular complexity index is 912. The molecule has 0 fully saturated rings. The highest BCUT2D eigenvalue weighted by Gasteiger charge is 2.30. The molecule has 0 aliphatic heterocycles. The van der Waals surface area contributed by atoms with Crippen LogP contribution in [-0.4, -0.2) is 27.4 Å². The average Bonchev–Trinajstić information content (AvgIpc) is 2.89. The van der Waals surface area contributed by atoms with Crippen molar-refractivity contribution >= 4 is 33.4 Å². The second-order valence-corrected chi connectivity index (χ2v) is 6.93. The number of amides is 2. The number of hydrogen-bond donors (Lipinski definition) is 2. The van der Waals surface area contributed by atoms with Gasteiger partial charge in [-0.15, -0.1) is 11.3 Å². The summed E-state index contributed by atoms with van der Waals surface area (Å²) >= 11 is 1.18. The van der Waals surface area contributed by atoms with E-state index in [9.17, 15) is 14.4 Å². The summed E-state index contributed by atoms with van der Waals surface area (Å²) in [5.74, 6) is -1.14. The number of fused-ring (bicyclic) bond motifs is 1. The van der Waals surface area contributed by atoms with E-state index in [4.69, 9.17) is 5.73 Å². The minimum Gasteiger partial charge on any atom is -0.369 e. The van der Waals surface area contributed by atoms with Gasteiger partial charge in [-0.05, 0) is 25.3 Å². The van der Waals surface area contributed by atoms with Crippen LogP contribution in [-0.2, 0) is 11.8 Å². The highest BCUT2D eigenvalue weighted by molar-refractivity contribution is 7.20. The minimum absolute atomic E-state index is 0.177. The van der Waals surface area contributed by atoms with Crippen LogP contribution in [0, 0.1) is 12.8 Å². The molecule has 2 heterocycles. The number of carbonyl (C=O) groups excluding carboxylic acids is 2. The Kier molecular flexibility index (Phi) is 4.23. The van der Waals surface area contributed by atoms with Crippen LogP contribution in [0.15, 0.2) is 23.3 Å². The van der Waals surface area contributed by atoms with Crippen molar-refractivity contribution in [2.45, 2.75) is 25.8 Å². The van der Waals surface area contributed by atoms with Gasteiger partial charge < -0.3 is 15.6 Å². The molecule has 1 aliphatic carbocycles. The number of hydrogen-bond acceptors (Lipinski definition) is 5. The molecule has 2 atom stereocenters. The van der Waals surface area contributed by atoms with E-state index in [1.807, 2.05) is 12.2 Å². The maximum atomic E-state index is 12.7. The SMILES string of the molecule is Cc1c(C(=O)N[C@@H]2CC=CC[C@@H]2C(N)=O)sc2ncn(C)c(=O)c12. The fourth-order valence-electron chi connectivity index (χ4n) is 2.95. The fourth-order valence-corrected chi connectivity index (χ4v) is 3.99. The van der Waals surface area contributed by atoms with E-state index in [-0.39, 0.29) is 17.5 Å². The Morgan fingerprint density at radius 1 is 1.38 bits per heavy atom. The van der Waals surface area contributed by atoms with Crippen LogP contribution < -0.4 is 16.6 Å². The molecule has 0 bridgehead atoms. The Morgan fingerprint density at radius 3 is 2.79 bits per heavy atom. The zero-order valence-corrected chi connectivity index (χ0v) is 14.2. The maximum Gasteiger partial charge on any atom is 0.262 e. The van der Waals surface area contributed by atoms with E-state index in [0.29, 0.717) is 33.5 Å². The van der Waals surface area contributed by atoms with Gasteiger partial charge in [-0.25, -0.2) is 4.98 Å². The molecule has 24 heavy (non-hydrogen) atoms. The number of thiophene rings is 1. The van der Waals surface area contributed by atoms with Gasteiger partial charge in [0, 0.05) is 13.1 Å². The van der Waals surface area contributed by atoms with E-state index in [0.717, 1.165) is 0 Å². The van der Waals surface area contributed by atoms with Gasteiger partial charge in [0.15, 0.2) is 0 Å². The number of allylic oxidation sites excluding steroid dienone is 1. The quantitative estimate of drug-likeness (QED) is 0.804. The molecule has 0 aromatic carbocycles. The molecule has 0 saturated heterocycles. The lowest BCUT2D eigenvalue weighted by molar-refractivity contribution is -0.122. The number of carbonyl (C=O) groups is 2. The van der Waals surface area contributed by atoms with Gasteiger partial charge in [-0.1, -0.05) is 12.2 Å². The molecule has 2 aromatic rings. The van der Waals surface area contributed by atoms with Crippen LogP contribution in [0.4, 0.5) is 0 Å². The Labute approximate surface area is 142 Å². The van der Waals surface area contributed by atoms with E-state index >= 15 is 0 Å². The largest absolute Gasteiger partial charge is 0.369 e. The van der Waals surface area contributed by atoms with Crippen LogP contribution in [0.5, 0.6) is 0 Å². The number of nitrogens with two attached hydrogens (primary N) is 1. The van der Waals surface area contributed by atoms with Gasteiger partial charge in [-0.3, -0.25) is 14.4 Å². The first kappa shape index (κ1) is 16.4. The number of aromatic nitrogens is 2. The molecular formula is C16H18N4O3S. The highest BCUT2D eigenvalue weighted by Crippen LogP contribution is 2.27. The van der Waals surface area contributed by atoms with Gasteiger partial charge in [0.1, 0.15) is 4.83 Å². The second kappa shape index (κ2) is 6.20. The molecule has 3 rings (SSSR count). The number of nitrogens with zero attached hydrogens (tertiary/aromatic N) is 2.